The van der Waals surface area contributed by atoms with Crippen LogP contribution in [0.25, 0.3) is 0 Å². The van der Waals surface area contributed by atoms with Gasteiger partial charge < -0.3 is 21.5 Å². The van der Waals surface area contributed by atoms with Crippen LogP contribution in [0, 0.1) is 11.6 Å². The second kappa shape index (κ2) is 8.90. The molecule has 3 aromatic rings. The first-order chi connectivity index (χ1) is 16.4. The van der Waals surface area contributed by atoms with Crippen molar-refractivity contribution in [1.29, 1.82) is 0 Å². The molecule has 0 bridgehead atoms. The number of aryl methyl sites for hydroxylation is 1. The highest BCUT2D eigenvalue weighted by Gasteiger charge is 2.35. The molecule has 2 aliphatic rings. The molecule has 1 aliphatic carbocycles. The number of rotatable bonds is 4. The number of benzene rings is 1. The number of aromatic nitrogens is 2. The van der Waals surface area contributed by atoms with E-state index in [1.807, 2.05) is 4.90 Å². The van der Waals surface area contributed by atoms with Gasteiger partial charge in [0, 0.05) is 24.8 Å². The summed E-state index contributed by atoms with van der Waals surface area (Å²) in [6, 6.07) is 3.18. The Labute approximate surface area is 198 Å². The lowest BCUT2D eigenvalue weighted by Gasteiger charge is -2.39. The van der Waals surface area contributed by atoms with E-state index in [2.05, 4.69) is 9.97 Å². The summed E-state index contributed by atoms with van der Waals surface area (Å²) in [5, 5.41) is 10.3. The van der Waals surface area contributed by atoms with Gasteiger partial charge in [0.2, 0.25) is 0 Å². The Bertz CT molecular complexity index is 1250. The predicted octanol–water partition coefficient (Wildman–Crippen LogP) is 2.76. The number of hydrogen-bond donors (Lipinski definition) is 3. The van der Waals surface area contributed by atoms with Crippen molar-refractivity contribution in [2.45, 2.75) is 37.8 Å². The van der Waals surface area contributed by atoms with E-state index in [0.717, 1.165) is 52.8 Å². The molecule has 1 saturated heterocycles. The smallest absolute Gasteiger partial charge is 0.284 e. The first kappa shape index (κ1) is 22.6. The SMILES string of the molecule is Nc1scnc1C(=O)N(c1cccc(F)c1F)c1cnc2c(c1N1CC[C@H](O)[C@@H](N)C1)CCC2. The Morgan fingerprint density at radius 2 is 2.06 bits per heavy atom. The van der Waals surface area contributed by atoms with Crippen LogP contribution < -0.4 is 21.3 Å². The van der Waals surface area contributed by atoms with Gasteiger partial charge in [0.25, 0.3) is 5.91 Å². The minimum atomic E-state index is -1.16. The molecule has 8 nitrogen and oxygen atoms in total. The van der Waals surface area contributed by atoms with Gasteiger partial charge in [-0.15, -0.1) is 11.3 Å². The number of amides is 1. The molecule has 1 fully saturated rings. The molecule has 0 spiro atoms. The quantitative estimate of drug-likeness (QED) is 0.518. The third-order valence-corrected chi connectivity index (χ3v) is 7.07. The predicted molar refractivity (Wildman–Crippen MR) is 126 cm³/mol. The molecule has 5 N–H and O–H groups in total. The van der Waals surface area contributed by atoms with Gasteiger partial charge in [-0.2, -0.15) is 0 Å². The van der Waals surface area contributed by atoms with Crippen molar-refractivity contribution in [2.75, 3.05) is 28.6 Å². The molecule has 1 aliphatic heterocycles. The maximum Gasteiger partial charge on any atom is 0.284 e. The zero-order valence-electron chi connectivity index (χ0n) is 18.2. The molecule has 2 aromatic heterocycles. The van der Waals surface area contributed by atoms with Crippen molar-refractivity contribution in [3.8, 4) is 0 Å². The number of nitrogen functional groups attached to an aromatic ring is 1. The highest BCUT2D eigenvalue weighted by atomic mass is 32.1. The van der Waals surface area contributed by atoms with Crippen molar-refractivity contribution in [1.82, 2.24) is 9.97 Å². The molecular weight excluding hydrogens is 462 g/mol. The van der Waals surface area contributed by atoms with Crippen LogP contribution in [0.3, 0.4) is 0 Å². The molecule has 34 heavy (non-hydrogen) atoms. The van der Waals surface area contributed by atoms with Crippen LogP contribution in [0.1, 0.15) is 34.6 Å². The Hall–Kier alpha value is -3.15. The molecular formula is C23H24F2N6O2S. The van der Waals surface area contributed by atoms with Gasteiger partial charge in [-0.3, -0.25) is 14.7 Å². The van der Waals surface area contributed by atoms with Crippen LogP contribution in [0.15, 0.2) is 29.9 Å². The number of halogens is 2. The number of fused-ring (bicyclic) bond motifs is 1. The first-order valence-electron chi connectivity index (χ1n) is 11.0. The average Bonchev–Trinajstić information content (AvgIpc) is 3.47. The van der Waals surface area contributed by atoms with E-state index in [4.69, 9.17) is 11.5 Å². The Balaban J connectivity index is 1.73. The van der Waals surface area contributed by atoms with Gasteiger partial charge in [0.05, 0.1) is 34.9 Å². The molecule has 5 rings (SSSR count). The third-order valence-electron chi connectivity index (χ3n) is 6.41. The van der Waals surface area contributed by atoms with E-state index in [-0.39, 0.29) is 16.4 Å². The van der Waals surface area contributed by atoms with Crippen molar-refractivity contribution in [3.05, 3.63) is 58.5 Å². The molecule has 1 aromatic carbocycles. The van der Waals surface area contributed by atoms with Crippen LogP contribution in [0.2, 0.25) is 0 Å². The van der Waals surface area contributed by atoms with Crippen LogP contribution in [0.5, 0.6) is 0 Å². The maximum atomic E-state index is 15.1. The highest BCUT2D eigenvalue weighted by Crippen LogP contribution is 2.43. The molecule has 3 heterocycles. The van der Waals surface area contributed by atoms with Crippen molar-refractivity contribution < 1.29 is 18.7 Å². The van der Waals surface area contributed by atoms with Gasteiger partial charge in [-0.1, -0.05) is 6.07 Å². The third kappa shape index (κ3) is 3.79. The fourth-order valence-corrected chi connectivity index (χ4v) is 5.23. The van der Waals surface area contributed by atoms with Crippen LogP contribution in [-0.2, 0) is 12.8 Å². The Morgan fingerprint density at radius 1 is 1.24 bits per heavy atom. The van der Waals surface area contributed by atoms with E-state index in [0.29, 0.717) is 30.9 Å². The number of carbonyl (C=O) groups excluding carboxylic acids is 1. The summed E-state index contributed by atoms with van der Waals surface area (Å²) >= 11 is 1.08. The largest absolute Gasteiger partial charge is 0.391 e. The van der Waals surface area contributed by atoms with Crippen LogP contribution >= 0.6 is 11.3 Å². The molecule has 0 saturated carbocycles. The second-order valence-corrected chi connectivity index (χ2v) is 9.40. The number of hydrogen-bond acceptors (Lipinski definition) is 8. The summed E-state index contributed by atoms with van der Waals surface area (Å²) in [5.41, 5.74) is 16.1. The first-order valence-corrected chi connectivity index (χ1v) is 11.9. The van der Waals surface area contributed by atoms with Crippen molar-refractivity contribution >= 4 is 39.3 Å². The van der Waals surface area contributed by atoms with Gasteiger partial charge >= 0.3 is 0 Å². The summed E-state index contributed by atoms with van der Waals surface area (Å²) < 4.78 is 29.4. The van der Waals surface area contributed by atoms with E-state index in [9.17, 15) is 14.3 Å². The van der Waals surface area contributed by atoms with Gasteiger partial charge in [-0.05, 0) is 43.4 Å². The minimum absolute atomic E-state index is 0.0501. The number of carbonyl (C=O) groups is 1. The zero-order valence-corrected chi connectivity index (χ0v) is 19.1. The molecule has 11 heteroatoms. The van der Waals surface area contributed by atoms with Crippen LogP contribution in [0.4, 0.5) is 30.8 Å². The molecule has 0 radical (unpaired) electrons. The van der Waals surface area contributed by atoms with Gasteiger partial charge in [0.1, 0.15) is 5.00 Å². The Kier molecular flexibility index (Phi) is 5.92. The molecule has 2 atom stereocenters. The number of pyridine rings is 1. The van der Waals surface area contributed by atoms with Crippen molar-refractivity contribution in [3.63, 3.8) is 0 Å². The number of anilines is 4. The lowest BCUT2D eigenvalue weighted by atomic mass is 10.00. The maximum absolute atomic E-state index is 15.1. The summed E-state index contributed by atoms with van der Waals surface area (Å²) in [6.07, 6.45) is 3.73. The highest BCUT2D eigenvalue weighted by molar-refractivity contribution is 7.14. The number of piperidine rings is 1. The van der Waals surface area contributed by atoms with E-state index >= 15 is 4.39 Å². The summed E-state index contributed by atoms with van der Waals surface area (Å²) in [7, 11) is 0. The number of thiazole rings is 1. The van der Waals surface area contributed by atoms with Gasteiger partial charge in [0.15, 0.2) is 17.3 Å². The monoisotopic (exact) mass is 486 g/mol. The van der Waals surface area contributed by atoms with E-state index in [1.54, 1.807) is 0 Å². The second-order valence-electron chi connectivity index (χ2n) is 8.52. The molecule has 0 unspecified atom stereocenters. The van der Waals surface area contributed by atoms with E-state index < -0.39 is 29.7 Å². The summed E-state index contributed by atoms with van der Waals surface area (Å²) in [4.78, 5) is 25.5. The van der Waals surface area contributed by atoms with Gasteiger partial charge in [-0.25, -0.2) is 13.8 Å². The number of aliphatic hydroxyl groups excluding tert-OH is 1. The standard InChI is InChI=1S/C23H24F2N6O2S/c24-13-4-2-6-16(19(13)25)31(23(33)20-22(27)34-11-29-20)17-9-28-15-5-1-3-12(15)21(17)30-8-7-18(32)14(26)10-30/h2,4,6,9,11,14,18,32H,1,3,5,7-8,10,26-27H2/t14-,18-/m0/s1. The summed E-state index contributed by atoms with van der Waals surface area (Å²) in [6.45, 7) is 0.835. The summed E-state index contributed by atoms with van der Waals surface area (Å²) in [5.74, 6) is -2.94. The number of nitrogens with two attached hydrogens (primary N) is 2. The lowest BCUT2D eigenvalue weighted by molar-refractivity contribution is 0.0994. The lowest BCUT2D eigenvalue weighted by Crippen LogP contribution is -2.52. The fraction of sp³-hybridized carbons (Fsp3) is 0.348. The zero-order chi connectivity index (χ0) is 24.0. The van der Waals surface area contributed by atoms with E-state index in [1.165, 1.54) is 23.8 Å². The van der Waals surface area contributed by atoms with Crippen LogP contribution in [-0.4, -0.2) is 46.2 Å². The minimum Gasteiger partial charge on any atom is -0.391 e. The Morgan fingerprint density at radius 3 is 2.79 bits per heavy atom. The fourth-order valence-electron chi connectivity index (χ4n) is 4.70. The van der Waals surface area contributed by atoms with Crippen molar-refractivity contribution in [2.24, 2.45) is 5.73 Å². The molecule has 178 valence electrons. The molecule has 1 amide bonds. The number of nitrogens with zero attached hydrogens (tertiary/aromatic N) is 4. The topological polar surface area (TPSA) is 122 Å². The number of aliphatic hydroxyl groups is 1. The normalized spacial score (nSPS) is 19.8. The average molecular weight is 487 g/mol.